The van der Waals surface area contributed by atoms with E-state index in [-0.39, 0.29) is 29.7 Å². The molecule has 2 aromatic rings. The van der Waals surface area contributed by atoms with Gasteiger partial charge in [0, 0.05) is 39.1 Å². The molecule has 0 spiro atoms. The monoisotopic (exact) mass is 505 g/mol. The number of hydrogen-bond acceptors (Lipinski definition) is 3. The Morgan fingerprint density at radius 1 is 1.43 bits per heavy atom. The lowest BCUT2D eigenvalue weighted by Crippen LogP contribution is -2.48. The molecule has 6 nitrogen and oxygen atoms in total. The quantitative estimate of drug-likeness (QED) is 0.382. The van der Waals surface area contributed by atoms with Gasteiger partial charge in [-0.2, -0.15) is 8.78 Å². The van der Waals surface area contributed by atoms with E-state index in [9.17, 15) is 8.78 Å². The van der Waals surface area contributed by atoms with Crippen LogP contribution in [-0.4, -0.2) is 47.2 Å². The van der Waals surface area contributed by atoms with E-state index in [1.54, 1.807) is 25.4 Å². The van der Waals surface area contributed by atoms with Crippen LogP contribution in [0.15, 0.2) is 48.0 Å². The summed E-state index contributed by atoms with van der Waals surface area (Å²) >= 11 is 0. The van der Waals surface area contributed by atoms with E-state index in [1.165, 1.54) is 6.07 Å². The van der Waals surface area contributed by atoms with Crippen LogP contribution in [-0.2, 0) is 6.54 Å². The Balaban J connectivity index is 0.00000280. The van der Waals surface area contributed by atoms with E-state index in [0.717, 1.165) is 31.0 Å². The predicted octanol–water partition coefficient (Wildman–Crippen LogP) is 3.76. The topological polar surface area (TPSA) is 54.7 Å². The van der Waals surface area contributed by atoms with Crippen LogP contribution in [0.25, 0.3) is 0 Å². The molecule has 0 amide bonds. The number of ether oxygens (including phenoxy) is 1. The molecule has 1 aliphatic rings. The molecule has 2 atom stereocenters. The number of alkyl halides is 2. The van der Waals surface area contributed by atoms with Gasteiger partial charge in [-0.1, -0.05) is 19.1 Å². The third-order valence-electron chi connectivity index (χ3n) is 4.91. The number of nitrogens with zero attached hydrogens (tertiary/aromatic N) is 4. The van der Waals surface area contributed by atoms with Crippen molar-refractivity contribution >= 4 is 29.9 Å². The Morgan fingerprint density at radius 2 is 2.25 bits per heavy atom. The largest absolute Gasteiger partial charge is 0.435 e. The molecular weight excluding hydrogens is 479 g/mol. The fourth-order valence-corrected chi connectivity index (χ4v) is 3.44. The van der Waals surface area contributed by atoms with Crippen molar-refractivity contribution in [3.8, 4) is 5.75 Å². The number of aromatic nitrogens is 2. The minimum Gasteiger partial charge on any atom is -0.435 e. The number of guanidine groups is 1. The van der Waals surface area contributed by atoms with Gasteiger partial charge < -0.3 is 19.5 Å². The zero-order valence-corrected chi connectivity index (χ0v) is 18.3. The summed E-state index contributed by atoms with van der Waals surface area (Å²) in [6.45, 7) is 1.67. The summed E-state index contributed by atoms with van der Waals surface area (Å²) in [6, 6.07) is 7.04. The number of likely N-dealkylation sites (tertiary alicyclic amines) is 1. The molecule has 3 rings (SSSR count). The molecule has 0 saturated carbocycles. The predicted molar refractivity (Wildman–Crippen MR) is 115 cm³/mol. The van der Waals surface area contributed by atoms with Crippen molar-refractivity contribution in [1.29, 1.82) is 0 Å². The van der Waals surface area contributed by atoms with E-state index in [2.05, 4.69) is 36.4 Å². The molecule has 1 aromatic carbocycles. The van der Waals surface area contributed by atoms with Crippen molar-refractivity contribution in [2.75, 3.05) is 20.1 Å². The average molecular weight is 505 g/mol. The second-order valence-electron chi connectivity index (χ2n) is 6.72. The van der Waals surface area contributed by atoms with Crippen molar-refractivity contribution in [1.82, 2.24) is 19.8 Å². The average Bonchev–Trinajstić information content (AvgIpc) is 3.17. The molecule has 1 aliphatic heterocycles. The van der Waals surface area contributed by atoms with Crippen LogP contribution in [0.4, 0.5) is 8.78 Å². The number of benzene rings is 1. The number of nitrogens with one attached hydrogen (secondary N) is 1. The minimum atomic E-state index is -2.82. The van der Waals surface area contributed by atoms with E-state index in [1.807, 2.05) is 18.6 Å². The highest BCUT2D eigenvalue weighted by Crippen LogP contribution is 2.27. The second kappa shape index (κ2) is 10.6. The molecule has 0 bridgehead atoms. The number of rotatable bonds is 5. The van der Waals surface area contributed by atoms with Crippen molar-refractivity contribution < 1.29 is 13.5 Å². The van der Waals surface area contributed by atoms with Crippen LogP contribution in [0.1, 0.15) is 24.9 Å². The van der Waals surface area contributed by atoms with Gasteiger partial charge in [-0.3, -0.25) is 4.99 Å². The normalized spacial score (nSPS) is 20.0. The number of piperidine rings is 1. The van der Waals surface area contributed by atoms with Crippen LogP contribution in [0, 0.1) is 5.92 Å². The Morgan fingerprint density at radius 3 is 2.93 bits per heavy atom. The maximum atomic E-state index is 12.4. The first-order chi connectivity index (χ1) is 13.1. The molecule has 1 N–H and O–H groups in total. The van der Waals surface area contributed by atoms with Crippen molar-refractivity contribution in [2.24, 2.45) is 10.9 Å². The van der Waals surface area contributed by atoms with E-state index >= 15 is 0 Å². The lowest BCUT2D eigenvalue weighted by atomic mass is 9.93. The number of imidazole rings is 1. The maximum absolute atomic E-state index is 12.4. The Kier molecular flexibility index (Phi) is 8.46. The smallest absolute Gasteiger partial charge is 0.387 e. The molecule has 28 heavy (non-hydrogen) atoms. The SMILES string of the molecule is CN=C(NCc1cccc(OC(F)F)c1)N1CCC(C)C(n2ccnc2)C1.I. The van der Waals surface area contributed by atoms with Crippen molar-refractivity contribution in [3.63, 3.8) is 0 Å². The Labute approximate surface area is 181 Å². The summed E-state index contributed by atoms with van der Waals surface area (Å²) in [5, 5.41) is 3.32. The second-order valence-corrected chi connectivity index (χ2v) is 6.72. The molecule has 1 fully saturated rings. The summed E-state index contributed by atoms with van der Waals surface area (Å²) in [5.41, 5.74) is 0.853. The lowest BCUT2D eigenvalue weighted by molar-refractivity contribution is -0.0498. The highest BCUT2D eigenvalue weighted by atomic mass is 127. The molecular formula is C19H26F2IN5O. The highest BCUT2D eigenvalue weighted by molar-refractivity contribution is 14.0. The summed E-state index contributed by atoms with van der Waals surface area (Å²) in [7, 11) is 1.75. The van der Waals surface area contributed by atoms with Gasteiger partial charge in [0.25, 0.3) is 0 Å². The first kappa shape index (κ1) is 22.4. The van der Waals surface area contributed by atoms with Crippen LogP contribution >= 0.6 is 24.0 Å². The number of hydrogen-bond donors (Lipinski definition) is 1. The van der Waals surface area contributed by atoms with Gasteiger partial charge in [-0.15, -0.1) is 24.0 Å². The Hall–Kier alpha value is -1.91. The fourth-order valence-electron chi connectivity index (χ4n) is 3.44. The van der Waals surface area contributed by atoms with Gasteiger partial charge in [0.2, 0.25) is 0 Å². The standard InChI is InChI=1S/C19H25F2N5O.HI/c1-14-6-8-25(12-17(14)26-9-7-23-13-26)19(22-2)24-11-15-4-3-5-16(10-15)27-18(20)21;/h3-5,7,9-10,13-14,17-18H,6,8,11-12H2,1-2H3,(H,22,24);1H. The third-order valence-corrected chi connectivity index (χ3v) is 4.91. The molecule has 1 saturated heterocycles. The summed E-state index contributed by atoms with van der Waals surface area (Å²) in [5.74, 6) is 1.51. The van der Waals surface area contributed by atoms with E-state index in [4.69, 9.17) is 0 Å². The van der Waals surface area contributed by atoms with Crippen LogP contribution < -0.4 is 10.1 Å². The van der Waals surface area contributed by atoms with E-state index < -0.39 is 6.61 Å². The molecule has 0 aliphatic carbocycles. The Bertz CT molecular complexity index is 757. The first-order valence-corrected chi connectivity index (χ1v) is 9.03. The van der Waals surface area contributed by atoms with Gasteiger partial charge in [-0.25, -0.2) is 4.98 Å². The van der Waals surface area contributed by atoms with Gasteiger partial charge in [0.1, 0.15) is 5.75 Å². The number of aliphatic imine (C=N–C) groups is 1. The van der Waals surface area contributed by atoms with Crippen LogP contribution in [0.5, 0.6) is 5.75 Å². The fraction of sp³-hybridized carbons (Fsp3) is 0.474. The minimum absolute atomic E-state index is 0. The zero-order chi connectivity index (χ0) is 19.2. The summed E-state index contributed by atoms with van der Waals surface area (Å²) in [6.07, 6.45) is 6.71. The lowest BCUT2D eigenvalue weighted by Gasteiger charge is -2.39. The molecule has 154 valence electrons. The third kappa shape index (κ3) is 5.79. The zero-order valence-electron chi connectivity index (χ0n) is 16.0. The maximum Gasteiger partial charge on any atom is 0.387 e. The first-order valence-electron chi connectivity index (χ1n) is 9.03. The van der Waals surface area contributed by atoms with Gasteiger partial charge in [0.05, 0.1) is 12.4 Å². The van der Waals surface area contributed by atoms with Crippen molar-refractivity contribution in [2.45, 2.75) is 32.5 Å². The molecule has 2 unspecified atom stereocenters. The van der Waals surface area contributed by atoms with Gasteiger partial charge in [0.15, 0.2) is 5.96 Å². The van der Waals surface area contributed by atoms with Gasteiger partial charge >= 0.3 is 6.61 Å². The molecule has 1 aromatic heterocycles. The molecule has 0 radical (unpaired) electrons. The molecule has 2 heterocycles. The summed E-state index contributed by atoms with van der Waals surface area (Å²) in [4.78, 5) is 10.8. The van der Waals surface area contributed by atoms with Gasteiger partial charge in [-0.05, 0) is 30.0 Å². The van der Waals surface area contributed by atoms with Crippen LogP contribution in [0.2, 0.25) is 0 Å². The van der Waals surface area contributed by atoms with Crippen LogP contribution in [0.3, 0.4) is 0 Å². The van der Waals surface area contributed by atoms with Crippen molar-refractivity contribution in [3.05, 3.63) is 48.5 Å². The summed E-state index contributed by atoms with van der Waals surface area (Å²) < 4.78 is 31.4. The van der Waals surface area contributed by atoms with E-state index in [0.29, 0.717) is 18.5 Å². The number of halogens is 3. The highest BCUT2D eigenvalue weighted by Gasteiger charge is 2.28. The molecule has 9 heteroatoms.